The summed E-state index contributed by atoms with van der Waals surface area (Å²) in [6.45, 7) is 3.33. The predicted molar refractivity (Wildman–Crippen MR) is 118 cm³/mol. The van der Waals surface area contributed by atoms with Crippen molar-refractivity contribution in [3.8, 4) is 0 Å². The Kier molecular flexibility index (Phi) is 5.94. The number of hydrogen-bond acceptors (Lipinski definition) is 8. The molecule has 0 amide bonds. The lowest BCUT2D eigenvalue weighted by molar-refractivity contribution is 0.0852. The quantitative estimate of drug-likeness (QED) is 0.539. The van der Waals surface area contributed by atoms with Gasteiger partial charge in [0, 0.05) is 49.5 Å². The van der Waals surface area contributed by atoms with Crippen LogP contribution in [0.1, 0.15) is 36.8 Å². The summed E-state index contributed by atoms with van der Waals surface area (Å²) in [5.74, 6) is 1.79. The third-order valence-corrected chi connectivity index (χ3v) is 5.17. The summed E-state index contributed by atoms with van der Waals surface area (Å²) in [5, 5.41) is 22.6. The van der Waals surface area contributed by atoms with Gasteiger partial charge in [-0.3, -0.25) is 4.98 Å². The van der Waals surface area contributed by atoms with Crippen LogP contribution in [0.25, 0.3) is 16.6 Å². The maximum atomic E-state index is 8.00. The molecule has 30 heavy (non-hydrogen) atoms. The number of nitrogens with one attached hydrogen (secondary N) is 3. The van der Waals surface area contributed by atoms with E-state index in [1.54, 1.807) is 19.3 Å². The molecule has 0 saturated carbocycles. The molecular weight excluding hydrogens is 378 g/mol. The van der Waals surface area contributed by atoms with E-state index in [2.05, 4.69) is 25.8 Å². The van der Waals surface area contributed by atoms with Crippen LogP contribution in [-0.4, -0.2) is 46.1 Å². The fourth-order valence-electron chi connectivity index (χ4n) is 3.60. The van der Waals surface area contributed by atoms with Gasteiger partial charge >= 0.3 is 0 Å². The highest BCUT2D eigenvalue weighted by molar-refractivity contribution is 6.21. The zero-order valence-electron chi connectivity index (χ0n) is 17.1. The zero-order chi connectivity index (χ0) is 20.9. The third-order valence-electron chi connectivity index (χ3n) is 5.17. The van der Waals surface area contributed by atoms with E-state index in [4.69, 9.17) is 15.1 Å². The van der Waals surface area contributed by atoms with Crippen LogP contribution in [0.2, 0.25) is 0 Å². The Morgan fingerprint density at radius 2 is 1.97 bits per heavy atom. The van der Waals surface area contributed by atoms with E-state index in [1.165, 1.54) is 5.56 Å². The highest BCUT2D eigenvalue weighted by Crippen LogP contribution is 2.28. The molecule has 0 spiro atoms. The second-order valence-corrected chi connectivity index (χ2v) is 7.32. The zero-order valence-corrected chi connectivity index (χ0v) is 17.1. The van der Waals surface area contributed by atoms with Crippen LogP contribution in [0.5, 0.6) is 0 Å². The summed E-state index contributed by atoms with van der Waals surface area (Å²) >= 11 is 0. The van der Waals surface area contributed by atoms with Crippen LogP contribution in [0.3, 0.4) is 0 Å². The number of anilines is 2. The molecular formula is C22H25N7O. The molecule has 4 rings (SSSR count). The van der Waals surface area contributed by atoms with E-state index in [0.29, 0.717) is 23.3 Å². The number of pyridine rings is 2. The molecule has 0 bridgehead atoms. The number of aromatic nitrogens is 4. The van der Waals surface area contributed by atoms with E-state index in [-0.39, 0.29) is 0 Å². The normalized spacial score (nSPS) is 15.2. The number of rotatable bonds is 6. The van der Waals surface area contributed by atoms with E-state index < -0.39 is 0 Å². The van der Waals surface area contributed by atoms with Crippen LogP contribution < -0.4 is 10.6 Å². The molecule has 0 aromatic carbocycles. The van der Waals surface area contributed by atoms with Crippen molar-refractivity contribution >= 4 is 34.0 Å². The molecule has 1 aliphatic rings. The smallest absolute Gasteiger partial charge is 0.154 e. The minimum Gasteiger partial charge on any atom is -0.393 e. The first kappa shape index (κ1) is 19.9. The van der Waals surface area contributed by atoms with Crippen molar-refractivity contribution in [2.24, 2.45) is 0 Å². The van der Waals surface area contributed by atoms with Crippen LogP contribution in [0, 0.1) is 5.41 Å². The van der Waals surface area contributed by atoms with E-state index >= 15 is 0 Å². The largest absolute Gasteiger partial charge is 0.393 e. The van der Waals surface area contributed by atoms with Crippen molar-refractivity contribution < 1.29 is 4.74 Å². The predicted octanol–water partition coefficient (Wildman–Crippen LogP) is 3.66. The fraction of sp³-hybridized carbons (Fsp3) is 0.318. The molecule has 8 nitrogen and oxygen atoms in total. The van der Waals surface area contributed by atoms with Gasteiger partial charge in [-0.2, -0.15) is 5.10 Å². The van der Waals surface area contributed by atoms with E-state index in [0.717, 1.165) is 48.2 Å². The van der Waals surface area contributed by atoms with Gasteiger partial charge in [0.25, 0.3) is 0 Å². The summed E-state index contributed by atoms with van der Waals surface area (Å²) in [7, 11) is 1.81. The van der Waals surface area contributed by atoms with Crippen molar-refractivity contribution in [1.29, 1.82) is 5.41 Å². The molecule has 1 aliphatic heterocycles. The standard InChI is InChI=1S/C22H25N7O/c1-14(23)18(13-24-2)17-9-20-19(25-11-17)3-4-21(27-20)28-22-10-16(12-26-29-22)15-5-7-30-8-6-15/h3-4,9-13,15,23-24H,5-8H2,1-2H3,(H,27,28,29)/b18-13+,23-14?. The van der Waals surface area contributed by atoms with Gasteiger partial charge in [-0.25, -0.2) is 4.98 Å². The molecule has 0 aliphatic carbocycles. The minimum atomic E-state index is 0.452. The Bertz CT molecular complexity index is 1090. The summed E-state index contributed by atoms with van der Waals surface area (Å²) in [5.41, 5.74) is 4.79. The number of hydrogen-bond donors (Lipinski definition) is 3. The Balaban J connectivity index is 1.60. The first-order valence-corrected chi connectivity index (χ1v) is 10.0. The van der Waals surface area contributed by atoms with Gasteiger partial charge < -0.3 is 20.8 Å². The second-order valence-electron chi connectivity index (χ2n) is 7.32. The van der Waals surface area contributed by atoms with Crippen LogP contribution >= 0.6 is 0 Å². The molecule has 3 aromatic heterocycles. The van der Waals surface area contributed by atoms with Crippen LogP contribution in [-0.2, 0) is 4.74 Å². The van der Waals surface area contributed by atoms with Gasteiger partial charge in [0.2, 0.25) is 0 Å². The van der Waals surface area contributed by atoms with Crippen molar-refractivity contribution in [3.05, 3.63) is 54.0 Å². The Morgan fingerprint density at radius 1 is 1.13 bits per heavy atom. The lowest BCUT2D eigenvalue weighted by atomic mass is 9.93. The molecule has 0 unspecified atom stereocenters. The molecule has 0 atom stereocenters. The van der Waals surface area contributed by atoms with Gasteiger partial charge in [-0.05, 0) is 55.5 Å². The molecule has 3 aromatic rings. The van der Waals surface area contributed by atoms with Gasteiger partial charge in [0.05, 0.1) is 17.2 Å². The number of fused-ring (bicyclic) bond motifs is 1. The molecule has 1 saturated heterocycles. The lowest BCUT2D eigenvalue weighted by Gasteiger charge is -2.22. The van der Waals surface area contributed by atoms with Gasteiger partial charge in [-0.1, -0.05) is 0 Å². The summed E-state index contributed by atoms with van der Waals surface area (Å²) < 4.78 is 5.46. The van der Waals surface area contributed by atoms with Crippen LogP contribution in [0.15, 0.2) is 42.9 Å². The van der Waals surface area contributed by atoms with Gasteiger partial charge in [-0.15, -0.1) is 5.10 Å². The van der Waals surface area contributed by atoms with Crippen molar-refractivity contribution in [3.63, 3.8) is 0 Å². The Labute approximate surface area is 175 Å². The first-order chi connectivity index (χ1) is 14.6. The summed E-state index contributed by atoms with van der Waals surface area (Å²) in [6.07, 6.45) is 7.40. The molecule has 0 radical (unpaired) electrons. The van der Waals surface area contributed by atoms with E-state index in [1.807, 2.05) is 37.5 Å². The SMILES string of the molecule is CN/C=C(\C(C)=N)c1cnc2ccc(Nc3cc(C4CCOCC4)cnn3)nc2c1. The molecule has 1 fully saturated rings. The van der Waals surface area contributed by atoms with Gasteiger partial charge in [0.1, 0.15) is 5.82 Å². The number of ether oxygens (including phenoxy) is 1. The van der Waals surface area contributed by atoms with Crippen LogP contribution in [0.4, 0.5) is 11.6 Å². The molecule has 3 N–H and O–H groups in total. The summed E-state index contributed by atoms with van der Waals surface area (Å²) in [4.78, 5) is 9.19. The maximum Gasteiger partial charge on any atom is 0.154 e. The fourth-order valence-corrected chi connectivity index (χ4v) is 3.60. The topological polar surface area (TPSA) is 109 Å². The molecule has 8 heteroatoms. The average molecular weight is 403 g/mol. The average Bonchev–Trinajstić information content (AvgIpc) is 2.77. The monoisotopic (exact) mass is 403 g/mol. The number of allylic oxidation sites excluding steroid dienone is 1. The van der Waals surface area contributed by atoms with Crippen molar-refractivity contribution in [2.45, 2.75) is 25.7 Å². The van der Waals surface area contributed by atoms with Crippen molar-refractivity contribution in [2.75, 3.05) is 25.6 Å². The number of nitrogens with zero attached hydrogens (tertiary/aromatic N) is 4. The highest BCUT2D eigenvalue weighted by atomic mass is 16.5. The minimum absolute atomic E-state index is 0.452. The van der Waals surface area contributed by atoms with Gasteiger partial charge in [0.15, 0.2) is 5.82 Å². The lowest BCUT2D eigenvalue weighted by Crippen LogP contribution is -2.14. The Hall–Kier alpha value is -3.39. The first-order valence-electron chi connectivity index (χ1n) is 10.0. The molecule has 4 heterocycles. The highest BCUT2D eigenvalue weighted by Gasteiger charge is 2.17. The second kappa shape index (κ2) is 8.96. The molecule has 154 valence electrons. The van der Waals surface area contributed by atoms with E-state index in [9.17, 15) is 0 Å². The van der Waals surface area contributed by atoms with Crippen molar-refractivity contribution in [1.82, 2.24) is 25.5 Å². The maximum absolute atomic E-state index is 8.00. The Morgan fingerprint density at radius 3 is 2.73 bits per heavy atom. The summed E-state index contributed by atoms with van der Waals surface area (Å²) in [6, 6.07) is 7.78. The third kappa shape index (κ3) is 4.44.